The van der Waals surface area contributed by atoms with E-state index in [1.165, 1.54) is 19.1 Å². The molecule has 0 aliphatic heterocycles. The maximum atomic E-state index is 11.4. The number of nitrogens with zero attached hydrogens (tertiary/aromatic N) is 2. The lowest BCUT2D eigenvalue weighted by Crippen LogP contribution is -2.29. The number of oxazole rings is 1. The molecule has 1 saturated carbocycles. The molecule has 0 radical (unpaired) electrons. The number of hydrogen-bond donors (Lipinski definition) is 0. The molecular formula is C12H18N2O3. The van der Waals surface area contributed by atoms with Crippen molar-refractivity contribution < 1.29 is 13.9 Å². The van der Waals surface area contributed by atoms with Gasteiger partial charge in [-0.3, -0.25) is 0 Å². The molecule has 1 aliphatic rings. The van der Waals surface area contributed by atoms with Gasteiger partial charge in [0.15, 0.2) is 5.69 Å². The maximum Gasteiger partial charge on any atom is 0.360 e. The highest BCUT2D eigenvalue weighted by molar-refractivity contribution is 5.87. The van der Waals surface area contributed by atoms with Crippen molar-refractivity contribution in [3.8, 4) is 0 Å². The first-order chi connectivity index (χ1) is 8.22. The predicted octanol–water partition coefficient (Wildman–Crippen LogP) is 2.23. The van der Waals surface area contributed by atoms with Crippen molar-refractivity contribution in [1.82, 2.24) is 4.98 Å². The number of anilines is 1. The van der Waals surface area contributed by atoms with Crippen LogP contribution in [0.3, 0.4) is 0 Å². The Morgan fingerprint density at radius 1 is 1.59 bits per heavy atom. The van der Waals surface area contributed by atoms with Crippen LogP contribution in [0.25, 0.3) is 0 Å². The average molecular weight is 238 g/mol. The topological polar surface area (TPSA) is 55.6 Å². The van der Waals surface area contributed by atoms with Gasteiger partial charge in [-0.2, -0.15) is 4.98 Å². The van der Waals surface area contributed by atoms with Crippen LogP contribution >= 0.6 is 0 Å². The second-order valence-corrected chi connectivity index (χ2v) is 4.28. The average Bonchev–Trinajstić information content (AvgIpc) is 3.00. The van der Waals surface area contributed by atoms with Crippen molar-refractivity contribution in [2.45, 2.75) is 38.6 Å². The van der Waals surface area contributed by atoms with E-state index in [2.05, 4.69) is 4.98 Å². The van der Waals surface area contributed by atoms with Crippen molar-refractivity contribution in [2.75, 3.05) is 18.6 Å². The van der Waals surface area contributed by atoms with Gasteiger partial charge in [-0.05, 0) is 19.8 Å². The van der Waals surface area contributed by atoms with Crippen LogP contribution in [0.15, 0.2) is 10.7 Å². The molecule has 1 aromatic rings. The lowest BCUT2D eigenvalue weighted by Gasteiger charge is -2.21. The molecule has 0 bridgehead atoms. The molecule has 5 heteroatoms. The number of ether oxygens (including phenoxy) is 1. The monoisotopic (exact) mass is 238 g/mol. The lowest BCUT2D eigenvalue weighted by molar-refractivity contribution is 0.0519. The van der Waals surface area contributed by atoms with Crippen LogP contribution in [0, 0.1) is 0 Å². The van der Waals surface area contributed by atoms with Crippen LogP contribution in [-0.2, 0) is 4.74 Å². The SMILES string of the molecule is CCOC(=O)c1coc(N(C)C2CCCC2)n1. The summed E-state index contributed by atoms with van der Waals surface area (Å²) in [6.07, 6.45) is 6.18. The number of carbonyl (C=O) groups is 1. The van der Waals surface area contributed by atoms with Crippen molar-refractivity contribution in [2.24, 2.45) is 0 Å². The van der Waals surface area contributed by atoms with E-state index in [9.17, 15) is 4.79 Å². The van der Waals surface area contributed by atoms with Gasteiger partial charge in [-0.25, -0.2) is 4.79 Å². The third-order valence-electron chi connectivity index (χ3n) is 3.15. The molecule has 1 aromatic heterocycles. The molecule has 0 atom stereocenters. The summed E-state index contributed by atoms with van der Waals surface area (Å²) in [6, 6.07) is 0.976. The van der Waals surface area contributed by atoms with E-state index in [4.69, 9.17) is 9.15 Å². The summed E-state index contributed by atoms with van der Waals surface area (Å²) in [4.78, 5) is 17.6. The molecule has 0 aromatic carbocycles. The van der Waals surface area contributed by atoms with E-state index in [1.54, 1.807) is 6.92 Å². The standard InChI is InChI=1S/C12H18N2O3/c1-3-16-11(15)10-8-17-12(13-10)14(2)9-6-4-5-7-9/h8-9H,3-7H2,1-2H3. The Bertz CT molecular complexity index is 383. The Morgan fingerprint density at radius 3 is 2.94 bits per heavy atom. The van der Waals surface area contributed by atoms with E-state index in [0.717, 1.165) is 12.8 Å². The predicted molar refractivity (Wildman–Crippen MR) is 63.1 cm³/mol. The van der Waals surface area contributed by atoms with Crippen LogP contribution < -0.4 is 4.90 Å². The number of esters is 1. The normalized spacial score (nSPS) is 16.1. The number of aromatic nitrogens is 1. The summed E-state index contributed by atoms with van der Waals surface area (Å²) in [6.45, 7) is 2.11. The summed E-state index contributed by atoms with van der Waals surface area (Å²) in [5.41, 5.74) is 0.242. The van der Waals surface area contributed by atoms with Gasteiger partial charge in [0, 0.05) is 13.1 Å². The minimum Gasteiger partial charge on any atom is -0.461 e. The lowest BCUT2D eigenvalue weighted by atomic mass is 10.2. The van der Waals surface area contributed by atoms with Crippen molar-refractivity contribution >= 4 is 12.0 Å². The van der Waals surface area contributed by atoms with Gasteiger partial charge < -0.3 is 14.1 Å². The summed E-state index contributed by atoms with van der Waals surface area (Å²) in [7, 11) is 1.96. The number of rotatable bonds is 4. The highest BCUT2D eigenvalue weighted by Crippen LogP contribution is 2.26. The third kappa shape index (κ3) is 2.60. The molecule has 2 rings (SSSR count). The summed E-state index contributed by atoms with van der Waals surface area (Å²) < 4.78 is 10.2. The highest BCUT2D eigenvalue weighted by Gasteiger charge is 2.24. The fourth-order valence-corrected chi connectivity index (χ4v) is 2.17. The van der Waals surface area contributed by atoms with E-state index in [-0.39, 0.29) is 5.69 Å². The van der Waals surface area contributed by atoms with E-state index in [0.29, 0.717) is 18.7 Å². The quantitative estimate of drug-likeness (QED) is 0.753. The molecule has 0 amide bonds. The first-order valence-corrected chi connectivity index (χ1v) is 6.08. The van der Waals surface area contributed by atoms with Crippen LogP contribution in [0.2, 0.25) is 0 Å². The molecule has 0 saturated heterocycles. The van der Waals surface area contributed by atoms with E-state index in [1.807, 2.05) is 11.9 Å². The third-order valence-corrected chi connectivity index (χ3v) is 3.15. The smallest absolute Gasteiger partial charge is 0.360 e. The molecule has 0 N–H and O–H groups in total. The second-order valence-electron chi connectivity index (χ2n) is 4.28. The van der Waals surface area contributed by atoms with Crippen LogP contribution in [0.5, 0.6) is 0 Å². The molecule has 1 heterocycles. The zero-order valence-electron chi connectivity index (χ0n) is 10.3. The molecule has 1 aliphatic carbocycles. The summed E-state index contributed by atoms with van der Waals surface area (Å²) in [5.74, 6) is -0.428. The molecule has 0 spiro atoms. The molecule has 0 unspecified atom stereocenters. The van der Waals surface area contributed by atoms with E-state index >= 15 is 0 Å². The minimum absolute atomic E-state index is 0.242. The van der Waals surface area contributed by atoms with Gasteiger partial charge in [-0.15, -0.1) is 0 Å². The molecule has 94 valence electrons. The summed E-state index contributed by atoms with van der Waals surface area (Å²) >= 11 is 0. The van der Waals surface area contributed by atoms with Gasteiger partial charge in [0.05, 0.1) is 6.61 Å². The Morgan fingerprint density at radius 2 is 2.29 bits per heavy atom. The second kappa shape index (κ2) is 5.21. The first kappa shape index (κ1) is 12.0. The van der Waals surface area contributed by atoms with Crippen LogP contribution in [-0.4, -0.2) is 30.6 Å². The Kier molecular flexibility index (Phi) is 3.66. The van der Waals surface area contributed by atoms with Crippen LogP contribution in [0.4, 0.5) is 6.01 Å². The van der Waals surface area contributed by atoms with Gasteiger partial charge >= 0.3 is 5.97 Å². The molecule has 1 fully saturated rings. The van der Waals surface area contributed by atoms with Gasteiger partial charge in [0.1, 0.15) is 6.26 Å². The fourth-order valence-electron chi connectivity index (χ4n) is 2.17. The Labute approximate surface area is 101 Å². The van der Waals surface area contributed by atoms with Gasteiger partial charge in [-0.1, -0.05) is 12.8 Å². The first-order valence-electron chi connectivity index (χ1n) is 6.08. The number of carbonyl (C=O) groups excluding carboxylic acids is 1. The Hall–Kier alpha value is -1.52. The largest absolute Gasteiger partial charge is 0.461 e. The summed E-state index contributed by atoms with van der Waals surface area (Å²) in [5, 5.41) is 0. The maximum absolute atomic E-state index is 11.4. The van der Waals surface area contributed by atoms with E-state index < -0.39 is 5.97 Å². The zero-order chi connectivity index (χ0) is 12.3. The van der Waals surface area contributed by atoms with Gasteiger partial charge in [0.2, 0.25) is 0 Å². The zero-order valence-corrected chi connectivity index (χ0v) is 10.3. The van der Waals surface area contributed by atoms with Crippen LogP contribution in [0.1, 0.15) is 43.1 Å². The fraction of sp³-hybridized carbons (Fsp3) is 0.667. The van der Waals surface area contributed by atoms with Crippen molar-refractivity contribution in [1.29, 1.82) is 0 Å². The Balaban J connectivity index is 2.04. The molecule has 17 heavy (non-hydrogen) atoms. The van der Waals surface area contributed by atoms with Crippen molar-refractivity contribution in [3.63, 3.8) is 0 Å². The van der Waals surface area contributed by atoms with Gasteiger partial charge in [0.25, 0.3) is 6.01 Å². The highest BCUT2D eigenvalue weighted by atomic mass is 16.5. The molecular weight excluding hydrogens is 220 g/mol. The van der Waals surface area contributed by atoms with Crippen molar-refractivity contribution in [3.05, 3.63) is 12.0 Å². The minimum atomic E-state index is -0.428. The number of hydrogen-bond acceptors (Lipinski definition) is 5. The molecule has 5 nitrogen and oxygen atoms in total.